The second-order valence-electron chi connectivity index (χ2n) is 8.42. The molecule has 1 fully saturated rings. The molecular formula is C25H39BrN2O6S. The highest BCUT2D eigenvalue weighted by Gasteiger charge is 2.38. The number of thioether (sulfide) groups is 1. The Morgan fingerprint density at radius 2 is 1.91 bits per heavy atom. The van der Waals surface area contributed by atoms with E-state index in [1.807, 2.05) is 6.92 Å². The number of nitro benzene ring substituents is 1. The van der Waals surface area contributed by atoms with Gasteiger partial charge in [-0.1, -0.05) is 48.5 Å². The maximum absolute atomic E-state index is 13.5. The number of unbranched alkanes of at least 4 members (excludes halogenated alkanes) is 5. The van der Waals surface area contributed by atoms with E-state index in [-0.39, 0.29) is 28.6 Å². The van der Waals surface area contributed by atoms with Crippen molar-refractivity contribution in [3.05, 3.63) is 27.8 Å². The summed E-state index contributed by atoms with van der Waals surface area (Å²) in [6, 6.07) is 2.66. The molecule has 0 radical (unpaired) electrons. The normalized spacial score (nSPS) is 16.3. The van der Waals surface area contributed by atoms with Crippen LogP contribution in [0.1, 0.15) is 75.6 Å². The lowest BCUT2D eigenvalue weighted by Gasteiger charge is -2.31. The topological polar surface area (TPSA) is 91.1 Å². The Balaban J connectivity index is 2.15. The van der Waals surface area contributed by atoms with Crippen LogP contribution in [0.3, 0.4) is 0 Å². The first-order chi connectivity index (χ1) is 17.0. The summed E-state index contributed by atoms with van der Waals surface area (Å²) in [5.74, 6) is 1.12. The fourth-order valence-electron chi connectivity index (χ4n) is 4.31. The van der Waals surface area contributed by atoms with Crippen LogP contribution in [0.4, 0.5) is 5.69 Å². The number of methoxy groups -OCH3 is 1. The molecule has 2 rings (SSSR count). The highest BCUT2D eigenvalue weighted by molar-refractivity contribution is 9.09. The number of amides is 1. The van der Waals surface area contributed by atoms with Gasteiger partial charge < -0.3 is 19.1 Å². The van der Waals surface area contributed by atoms with E-state index >= 15 is 0 Å². The molecule has 0 bridgehead atoms. The Labute approximate surface area is 221 Å². The Morgan fingerprint density at radius 3 is 2.54 bits per heavy atom. The molecule has 2 atom stereocenters. The van der Waals surface area contributed by atoms with Gasteiger partial charge in [0.1, 0.15) is 11.0 Å². The van der Waals surface area contributed by atoms with E-state index in [1.54, 1.807) is 16.7 Å². The zero-order valence-electron chi connectivity index (χ0n) is 21.1. The molecule has 0 aromatic heterocycles. The van der Waals surface area contributed by atoms with Gasteiger partial charge in [-0.2, -0.15) is 0 Å². The van der Waals surface area contributed by atoms with Crippen LogP contribution in [0.5, 0.6) is 11.5 Å². The van der Waals surface area contributed by atoms with E-state index in [4.69, 9.17) is 14.2 Å². The number of nitrogens with zero attached hydrogens (tertiary/aromatic N) is 2. The molecule has 2 unspecified atom stereocenters. The minimum absolute atomic E-state index is 0.0228. The number of ether oxygens (including phenoxy) is 3. The molecule has 1 aliphatic rings. The fourth-order valence-corrected chi connectivity index (χ4v) is 5.77. The number of nitro groups is 1. The van der Waals surface area contributed by atoms with Crippen molar-refractivity contribution in [3.63, 3.8) is 0 Å². The van der Waals surface area contributed by atoms with Gasteiger partial charge in [0.25, 0.3) is 11.6 Å². The van der Waals surface area contributed by atoms with Crippen LogP contribution in [-0.2, 0) is 4.74 Å². The summed E-state index contributed by atoms with van der Waals surface area (Å²) in [6.45, 7) is 5.52. The number of alkyl halides is 1. The van der Waals surface area contributed by atoms with Gasteiger partial charge in [-0.15, -0.1) is 11.8 Å². The summed E-state index contributed by atoms with van der Waals surface area (Å²) in [6.07, 6.45) is 8.27. The molecule has 0 N–H and O–H groups in total. The monoisotopic (exact) mass is 574 g/mol. The second kappa shape index (κ2) is 16.3. The van der Waals surface area contributed by atoms with Gasteiger partial charge in [0.2, 0.25) is 0 Å². The lowest BCUT2D eigenvalue weighted by molar-refractivity contribution is -0.385. The fraction of sp³-hybridized carbons (Fsp3) is 0.720. The van der Waals surface area contributed by atoms with E-state index in [0.29, 0.717) is 31.3 Å². The number of benzene rings is 1. The number of rotatable bonds is 17. The Morgan fingerprint density at radius 1 is 1.20 bits per heavy atom. The first kappa shape index (κ1) is 29.7. The summed E-state index contributed by atoms with van der Waals surface area (Å²) in [4.78, 5) is 26.7. The lowest BCUT2D eigenvalue weighted by Crippen LogP contribution is -2.43. The molecule has 1 heterocycles. The van der Waals surface area contributed by atoms with Crippen molar-refractivity contribution in [2.75, 3.05) is 38.0 Å². The standard InChI is InChI=1S/C25H39BrN2O6S/c1-4-33-25(35-5-2)20-13-12-15-27(20)24(29)19-17-22(32-3)23(18-21(19)28(30)31)34-16-11-9-7-6-8-10-14-26/h17-18,20,25H,4-16H2,1-3H3. The van der Waals surface area contributed by atoms with Crippen LogP contribution < -0.4 is 9.47 Å². The highest BCUT2D eigenvalue weighted by atomic mass is 79.9. The summed E-state index contributed by atoms with van der Waals surface area (Å²) < 4.78 is 17.2. The molecule has 0 spiro atoms. The number of carbonyl (C=O) groups is 1. The third-order valence-electron chi connectivity index (χ3n) is 6.03. The molecule has 10 heteroatoms. The number of hydrogen-bond acceptors (Lipinski definition) is 7. The zero-order chi connectivity index (χ0) is 25.6. The van der Waals surface area contributed by atoms with Gasteiger partial charge in [0.15, 0.2) is 11.5 Å². The number of hydrogen-bond donors (Lipinski definition) is 0. The highest BCUT2D eigenvalue weighted by Crippen LogP contribution is 2.37. The average molecular weight is 576 g/mol. The molecule has 1 aliphatic heterocycles. The van der Waals surface area contributed by atoms with Crippen molar-refractivity contribution < 1.29 is 23.9 Å². The first-order valence-corrected chi connectivity index (χ1v) is 14.7. The van der Waals surface area contributed by atoms with Crippen LogP contribution in [0.15, 0.2) is 12.1 Å². The average Bonchev–Trinajstić information content (AvgIpc) is 3.34. The van der Waals surface area contributed by atoms with Crippen molar-refractivity contribution in [3.8, 4) is 11.5 Å². The van der Waals surface area contributed by atoms with Crippen LogP contribution in [-0.4, -0.2) is 65.2 Å². The minimum atomic E-state index is -0.519. The van der Waals surface area contributed by atoms with Crippen LogP contribution in [0.25, 0.3) is 0 Å². The van der Waals surface area contributed by atoms with Crippen molar-refractivity contribution in [2.24, 2.45) is 0 Å². The number of carbonyl (C=O) groups excluding carboxylic acids is 1. The Kier molecular flexibility index (Phi) is 13.8. The molecular weight excluding hydrogens is 536 g/mol. The second-order valence-corrected chi connectivity index (χ2v) is 10.6. The van der Waals surface area contributed by atoms with Gasteiger partial charge >= 0.3 is 0 Å². The molecule has 1 amide bonds. The minimum Gasteiger partial charge on any atom is -0.493 e. The third-order valence-corrected chi connectivity index (χ3v) is 7.70. The van der Waals surface area contributed by atoms with Gasteiger partial charge in [0.05, 0.1) is 30.7 Å². The summed E-state index contributed by atoms with van der Waals surface area (Å²) in [5, 5.41) is 13.0. The van der Waals surface area contributed by atoms with Crippen molar-refractivity contribution in [2.45, 2.75) is 76.7 Å². The summed E-state index contributed by atoms with van der Waals surface area (Å²) >= 11 is 5.10. The van der Waals surface area contributed by atoms with E-state index in [2.05, 4.69) is 22.9 Å². The molecule has 1 aromatic carbocycles. The Bertz CT molecular complexity index is 806. The lowest BCUT2D eigenvalue weighted by atomic mass is 10.1. The van der Waals surface area contributed by atoms with Crippen molar-refractivity contribution >= 4 is 39.3 Å². The van der Waals surface area contributed by atoms with E-state index in [0.717, 1.165) is 43.2 Å². The van der Waals surface area contributed by atoms with Crippen molar-refractivity contribution in [1.29, 1.82) is 0 Å². The SMILES string of the molecule is CCOC(SCC)C1CCCN1C(=O)c1cc(OC)c(OCCCCCCCCBr)cc1[N+](=O)[O-]. The van der Waals surface area contributed by atoms with Crippen LogP contribution in [0.2, 0.25) is 0 Å². The van der Waals surface area contributed by atoms with Gasteiger partial charge in [-0.25, -0.2) is 0 Å². The molecule has 0 saturated carbocycles. The predicted molar refractivity (Wildman–Crippen MR) is 144 cm³/mol. The quantitative estimate of drug-likeness (QED) is 0.0694. The molecule has 1 saturated heterocycles. The molecule has 8 nitrogen and oxygen atoms in total. The van der Waals surface area contributed by atoms with Gasteiger partial charge in [-0.05, 0) is 38.4 Å². The van der Waals surface area contributed by atoms with Crippen molar-refractivity contribution in [1.82, 2.24) is 4.90 Å². The smallest absolute Gasteiger partial charge is 0.286 e. The van der Waals surface area contributed by atoms with Gasteiger partial charge in [-0.3, -0.25) is 14.9 Å². The maximum atomic E-state index is 13.5. The first-order valence-electron chi connectivity index (χ1n) is 12.6. The number of halogens is 1. The van der Waals surface area contributed by atoms with Crippen LogP contribution >= 0.6 is 27.7 Å². The number of likely N-dealkylation sites (tertiary alicyclic amines) is 1. The molecule has 35 heavy (non-hydrogen) atoms. The van der Waals surface area contributed by atoms with E-state index < -0.39 is 4.92 Å². The van der Waals surface area contributed by atoms with E-state index in [9.17, 15) is 14.9 Å². The zero-order valence-corrected chi connectivity index (χ0v) is 23.5. The van der Waals surface area contributed by atoms with Crippen LogP contribution in [0, 0.1) is 10.1 Å². The third kappa shape index (κ3) is 8.82. The molecule has 0 aliphatic carbocycles. The summed E-state index contributed by atoms with van der Waals surface area (Å²) in [5.41, 5.74) is -0.392. The Hall–Kier alpha value is -1.52. The predicted octanol–water partition coefficient (Wildman–Crippen LogP) is 6.44. The summed E-state index contributed by atoms with van der Waals surface area (Å²) in [7, 11) is 1.48. The van der Waals surface area contributed by atoms with E-state index in [1.165, 1.54) is 38.5 Å². The maximum Gasteiger partial charge on any atom is 0.286 e. The molecule has 198 valence electrons. The molecule has 1 aromatic rings. The largest absolute Gasteiger partial charge is 0.493 e. The van der Waals surface area contributed by atoms with Gasteiger partial charge in [0, 0.05) is 24.5 Å².